The van der Waals surface area contributed by atoms with Crippen molar-refractivity contribution in [2.75, 3.05) is 33.3 Å². The van der Waals surface area contributed by atoms with E-state index in [1.807, 2.05) is 0 Å². The minimum absolute atomic E-state index is 0.0564. The van der Waals surface area contributed by atoms with E-state index in [2.05, 4.69) is 22.0 Å². The summed E-state index contributed by atoms with van der Waals surface area (Å²) in [5.74, 6) is -1.92. The molecule has 0 radical (unpaired) electrons. The van der Waals surface area contributed by atoms with E-state index < -0.39 is 17.9 Å². The molecular formula is C24H22BrN3O6. The van der Waals surface area contributed by atoms with Gasteiger partial charge in [-0.05, 0) is 21.5 Å². The molecule has 0 aromatic heterocycles. The molecule has 1 heterocycles. The van der Waals surface area contributed by atoms with Gasteiger partial charge in [0.1, 0.15) is 11.5 Å². The Morgan fingerprint density at radius 1 is 1.00 bits per heavy atom. The molecule has 9 nitrogen and oxygen atoms in total. The second-order valence-corrected chi connectivity index (χ2v) is 7.85. The molecule has 10 heteroatoms. The number of nitrogens with zero attached hydrogens (tertiary/aromatic N) is 2. The molecule has 0 amide bonds. The number of anilines is 1. The van der Waals surface area contributed by atoms with Crippen LogP contribution in [0.2, 0.25) is 0 Å². The van der Waals surface area contributed by atoms with E-state index in [1.54, 1.807) is 42.5 Å². The number of halogens is 1. The van der Waals surface area contributed by atoms with E-state index in [0.717, 1.165) is 0 Å². The van der Waals surface area contributed by atoms with E-state index >= 15 is 0 Å². The number of allylic oxidation sites excluding steroid dienone is 1. The second-order valence-electron chi connectivity index (χ2n) is 6.99. The van der Waals surface area contributed by atoms with Crippen molar-refractivity contribution in [1.29, 1.82) is 5.26 Å². The molecule has 1 aliphatic rings. The van der Waals surface area contributed by atoms with E-state index in [9.17, 15) is 14.9 Å². The largest absolute Gasteiger partial charge is 0.493 e. The molecular weight excluding hydrogens is 506 g/mol. The molecule has 0 saturated carbocycles. The van der Waals surface area contributed by atoms with Crippen molar-refractivity contribution < 1.29 is 28.5 Å². The molecule has 0 spiro atoms. The fourth-order valence-corrected chi connectivity index (χ4v) is 4.28. The molecule has 1 atom stereocenters. The van der Waals surface area contributed by atoms with Crippen molar-refractivity contribution in [3.05, 3.63) is 75.2 Å². The number of nitrogens with two attached hydrogens (primary N) is 1. The van der Waals surface area contributed by atoms with Crippen LogP contribution in [0.5, 0.6) is 11.5 Å². The van der Waals surface area contributed by atoms with Crippen LogP contribution in [0.3, 0.4) is 0 Å². The molecule has 3 rings (SSSR count). The first-order valence-electron chi connectivity index (χ1n) is 9.91. The predicted octanol–water partition coefficient (Wildman–Crippen LogP) is 3.36. The zero-order valence-electron chi connectivity index (χ0n) is 18.9. The van der Waals surface area contributed by atoms with Gasteiger partial charge in [-0.1, -0.05) is 30.3 Å². The molecule has 0 fully saturated rings. The average molecular weight is 528 g/mol. The van der Waals surface area contributed by atoms with Crippen molar-refractivity contribution >= 4 is 33.6 Å². The maximum Gasteiger partial charge on any atom is 0.355 e. The summed E-state index contributed by atoms with van der Waals surface area (Å²) in [6, 6.07) is 14.0. The van der Waals surface area contributed by atoms with E-state index in [0.29, 0.717) is 27.2 Å². The van der Waals surface area contributed by atoms with Gasteiger partial charge < -0.3 is 24.7 Å². The number of ether oxygens (including phenoxy) is 4. The van der Waals surface area contributed by atoms with Gasteiger partial charge in [-0.3, -0.25) is 4.90 Å². The first-order chi connectivity index (χ1) is 16.3. The number of carbonyl (C=O) groups excluding carboxylic acids is 2. The normalized spacial score (nSPS) is 15.5. The highest BCUT2D eigenvalue weighted by atomic mass is 79.9. The van der Waals surface area contributed by atoms with Crippen LogP contribution in [0.15, 0.2) is 69.6 Å². The van der Waals surface area contributed by atoms with Crippen LogP contribution < -0.4 is 20.1 Å². The van der Waals surface area contributed by atoms with Crippen LogP contribution in [0.25, 0.3) is 0 Å². The third kappa shape index (κ3) is 4.18. The number of esters is 2. The van der Waals surface area contributed by atoms with Gasteiger partial charge in [0.25, 0.3) is 0 Å². The Kier molecular flexibility index (Phi) is 7.48. The number of methoxy groups -OCH3 is 4. The third-order valence-electron chi connectivity index (χ3n) is 5.30. The fourth-order valence-electron chi connectivity index (χ4n) is 3.78. The Bertz CT molecular complexity index is 1230. The molecule has 176 valence electrons. The highest BCUT2D eigenvalue weighted by Crippen LogP contribution is 2.46. The minimum Gasteiger partial charge on any atom is -0.493 e. The highest BCUT2D eigenvalue weighted by Gasteiger charge is 2.43. The second kappa shape index (κ2) is 10.3. The summed E-state index contributed by atoms with van der Waals surface area (Å²) in [6.45, 7) is 0. The quantitative estimate of drug-likeness (QED) is 0.562. The van der Waals surface area contributed by atoms with Crippen molar-refractivity contribution in [2.24, 2.45) is 5.73 Å². The molecule has 0 bridgehead atoms. The lowest BCUT2D eigenvalue weighted by Gasteiger charge is -2.36. The maximum atomic E-state index is 13.1. The van der Waals surface area contributed by atoms with Gasteiger partial charge in [0.05, 0.1) is 57.3 Å². The average Bonchev–Trinajstić information content (AvgIpc) is 2.87. The molecule has 2 N–H and O–H groups in total. The summed E-state index contributed by atoms with van der Waals surface area (Å²) < 4.78 is 21.2. The Morgan fingerprint density at radius 2 is 1.59 bits per heavy atom. The predicted molar refractivity (Wildman–Crippen MR) is 127 cm³/mol. The van der Waals surface area contributed by atoms with Gasteiger partial charge in [-0.25, -0.2) is 9.59 Å². The first kappa shape index (κ1) is 24.7. The van der Waals surface area contributed by atoms with E-state index in [1.165, 1.54) is 33.3 Å². The summed E-state index contributed by atoms with van der Waals surface area (Å²) in [4.78, 5) is 27.5. The number of rotatable bonds is 6. The van der Waals surface area contributed by atoms with Gasteiger partial charge >= 0.3 is 11.9 Å². The molecule has 1 aliphatic heterocycles. The van der Waals surface area contributed by atoms with Crippen molar-refractivity contribution in [1.82, 2.24) is 0 Å². The summed E-state index contributed by atoms with van der Waals surface area (Å²) in [5, 5.41) is 10.1. The number of hydrogen-bond acceptors (Lipinski definition) is 9. The fraction of sp³-hybridized carbons (Fsp3) is 0.208. The molecule has 2 aromatic rings. The zero-order chi connectivity index (χ0) is 25.0. The van der Waals surface area contributed by atoms with E-state index in [-0.39, 0.29) is 22.7 Å². The summed E-state index contributed by atoms with van der Waals surface area (Å²) in [7, 11) is 5.31. The first-order valence-corrected chi connectivity index (χ1v) is 10.7. The van der Waals surface area contributed by atoms with Gasteiger partial charge in [0, 0.05) is 16.6 Å². The third-order valence-corrected chi connectivity index (χ3v) is 5.94. The lowest BCUT2D eigenvalue weighted by atomic mass is 9.81. The summed E-state index contributed by atoms with van der Waals surface area (Å²) >= 11 is 3.46. The Morgan fingerprint density at radius 3 is 2.12 bits per heavy atom. The highest BCUT2D eigenvalue weighted by molar-refractivity contribution is 9.10. The number of nitriles is 1. The van der Waals surface area contributed by atoms with Crippen LogP contribution >= 0.6 is 15.9 Å². The lowest BCUT2D eigenvalue weighted by molar-refractivity contribution is -0.139. The Hall–Kier alpha value is -3.97. The van der Waals surface area contributed by atoms with Crippen molar-refractivity contribution in [3.63, 3.8) is 0 Å². The maximum absolute atomic E-state index is 13.1. The SMILES string of the molecule is COC(=O)C1=C(C(=O)OC)N(c2cc(OC)c(OC)cc2Br)C(N)=C(C#N)C1c1ccccc1. The Labute approximate surface area is 205 Å². The molecule has 34 heavy (non-hydrogen) atoms. The smallest absolute Gasteiger partial charge is 0.355 e. The van der Waals surface area contributed by atoms with E-state index in [4.69, 9.17) is 24.7 Å². The van der Waals surface area contributed by atoms with Gasteiger partial charge in [-0.2, -0.15) is 5.26 Å². The van der Waals surface area contributed by atoms with Crippen LogP contribution in [-0.2, 0) is 19.1 Å². The van der Waals surface area contributed by atoms with Crippen LogP contribution in [0.4, 0.5) is 5.69 Å². The van der Waals surface area contributed by atoms with Crippen LogP contribution in [0.1, 0.15) is 11.5 Å². The van der Waals surface area contributed by atoms with Gasteiger partial charge in [0.2, 0.25) is 0 Å². The monoisotopic (exact) mass is 527 g/mol. The topological polar surface area (TPSA) is 124 Å². The van der Waals surface area contributed by atoms with Crippen molar-refractivity contribution in [2.45, 2.75) is 5.92 Å². The number of benzene rings is 2. The van der Waals surface area contributed by atoms with Crippen molar-refractivity contribution in [3.8, 4) is 17.6 Å². The Balaban J connectivity index is 2.45. The van der Waals surface area contributed by atoms with Crippen LogP contribution in [-0.4, -0.2) is 40.4 Å². The van der Waals surface area contributed by atoms with Gasteiger partial charge in [-0.15, -0.1) is 0 Å². The summed E-state index contributed by atoms with van der Waals surface area (Å²) in [5.41, 5.74) is 7.18. The van der Waals surface area contributed by atoms with Gasteiger partial charge in [0.15, 0.2) is 11.5 Å². The van der Waals surface area contributed by atoms with Crippen LogP contribution in [0, 0.1) is 11.3 Å². The summed E-state index contributed by atoms with van der Waals surface area (Å²) in [6.07, 6.45) is 0. The molecule has 1 unspecified atom stereocenters. The lowest BCUT2D eigenvalue weighted by Crippen LogP contribution is -2.41. The molecule has 2 aromatic carbocycles. The molecule has 0 saturated heterocycles. The molecule has 0 aliphatic carbocycles. The standard InChI is InChI=1S/C24H22BrN3O6/c1-31-17-10-15(25)16(11-18(17)32-2)28-21(24(30)34-4)20(23(29)33-3)19(14(12-26)22(28)27)13-8-6-5-7-9-13/h5-11,19H,27H2,1-4H3. The minimum atomic E-state index is -0.956. The number of carbonyl (C=O) groups is 2. The number of hydrogen-bond donors (Lipinski definition) is 1. The zero-order valence-corrected chi connectivity index (χ0v) is 20.5.